The van der Waals surface area contributed by atoms with E-state index in [2.05, 4.69) is 21.2 Å². The molecule has 1 aliphatic rings. The summed E-state index contributed by atoms with van der Waals surface area (Å²) in [6.07, 6.45) is 5.25. The van der Waals surface area contributed by atoms with E-state index >= 15 is 0 Å². The molecular formula is C30H33BrClN3O4S. The first-order valence-electron chi connectivity index (χ1n) is 13.2. The molecule has 0 heterocycles. The second kappa shape index (κ2) is 13.7. The standard InChI is InChI=1S/C30H33BrClN3O4S/c1-40(38,39)35(27-16-8-13-25(32)19-27)21-29(36)34(20-23-11-7-12-24(31)17-23)28(18-22-9-3-2-4-10-22)30(37)33-26-14-5-6-15-26/h2-4,7-13,16-17,19,26,28H,5-6,14-15,18,20-21H2,1H3,(H,33,37)/t28-/m0/s1. The fraction of sp³-hybridized carbons (Fsp3) is 0.333. The predicted octanol–water partition coefficient (Wildman–Crippen LogP) is 5.57. The van der Waals surface area contributed by atoms with E-state index in [1.165, 1.54) is 11.0 Å². The van der Waals surface area contributed by atoms with E-state index in [4.69, 9.17) is 11.6 Å². The molecule has 0 radical (unpaired) electrons. The number of hydrogen-bond acceptors (Lipinski definition) is 4. The summed E-state index contributed by atoms with van der Waals surface area (Å²) in [6.45, 7) is -0.351. The molecule has 0 unspecified atom stereocenters. The second-order valence-electron chi connectivity index (χ2n) is 10.1. The minimum Gasteiger partial charge on any atom is -0.352 e. The molecule has 1 saturated carbocycles. The molecule has 1 N–H and O–H groups in total. The first kappa shape index (κ1) is 30.1. The number of carbonyl (C=O) groups excluding carboxylic acids is 2. The Kier molecular flexibility index (Phi) is 10.3. The first-order valence-corrected chi connectivity index (χ1v) is 16.2. The van der Waals surface area contributed by atoms with Gasteiger partial charge < -0.3 is 10.2 Å². The first-order chi connectivity index (χ1) is 19.1. The predicted molar refractivity (Wildman–Crippen MR) is 163 cm³/mol. The fourth-order valence-electron chi connectivity index (χ4n) is 5.00. The van der Waals surface area contributed by atoms with Crippen molar-refractivity contribution in [2.75, 3.05) is 17.1 Å². The van der Waals surface area contributed by atoms with Crippen molar-refractivity contribution >= 4 is 55.1 Å². The maximum Gasteiger partial charge on any atom is 0.244 e. The van der Waals surface area contributed by atoms with Crippen molar-refractivity contribution in [2.24, 2.45) is 0 Å². The molecule has 0 bridgehead atoms. The number of amides is 2. The van der Waals surface area contributed by atoms with Gasteiger partial charge >= 0.3 is 0 Å². The zero-order valence-electron chi connectivity index (χ0n) is 22.3. The maximum atomic E-state index is 14.1. The number of benzene rings is 3. The van der Waals surface area contributed by atoms with Crippen LogP contribution in [0.4, 0.5) is 5.69 Å². The molecule has 3 aromatic carbocycles. The fourth-order valence-corrected chi connectivity index (χ4v) is 6.47. The maximum absolute atomic E-state index is 14.1. The van der Waals surface area contributed by atoms with Crippen LogP contribution in [0.25, 0.3) is 0 Å². The number of hydrogen-bond donors (Lipinski definition) is 1. The highest BCUT2D eigenvalue weighted by Crippen LogP contribution is 2.24. The van der Waals surface area contributed by atoms with Crippen molar-refractivity contribution in [2.45, 2.75) is 50.7 Å². The Morgan fingerprint density at radius 2 is 1.65 bits per heavy atom. The number of carbonyl (C=O) groups is 2. The number of anilines is 1. The second-order valence-corrected chi connectivity index (χ2v) is 13.4. The summed E-state index contributed by atoms with van der Waals surface area (Å²) in [5.74, 6) is -0.736. The SMILES string of the molecule is CS(=O)(=O)N(CC(=O)N(Cc1cccc(Br)c1)[C@@H](Cc1ccccc1)C(=O)NC1CCCC1)c1cccc(Cl)c1. The third kappa shape index (κ3) is 8.32. The van der Waals surface area contributed by atoms with Crippen LogP contribution in [-0.4, -0.2) is 50.0 Å². The summed E-state index contributed by atoms with van der Waals surface area (Å²) in [5, 5.41) is 3.51. The van der Waals surface area contributed by atoms with Crippen molar-refractivity contribution < 1.29 is 18.0 Å². The molecule has 0 aliphatic heterocycles. The van der Waals surface area contributed by atoms with Gasteiger partial charge in [0.05, 0.1) is 11.9 Å². The third-order valence-electron chi connectivity index (χ3n) is 6.99. The Hall–Kier alpha value is -2.88. The van der Waals surface area contributed by atoms with Crippen LogP contribution in [-0.2, 0) is 32.6 Å². The molecule has 0 aromatic heterocycles. The van der Waals surface area contributed by atoms with E-state index < -0.39 is 28.5 Å². The van der Waals surface area contributed by atoms with Gasteiger partial charge in [0, 0.05) is 28.5 Å². The van der Waals surface area contributed by atoms with Gasteiger partial charge in [0.25, 0.3) is 0 Å². The summed E-state index contributed by atoms with van der Waals surface area (Å²) < 4.78 is 27.6. The summed E-state index contributed by atoms with van der Waals surface area (Å²) in [7, 11) is -3.85. The lowest BCUT2D eigenvalue weighted by Gasteiger charge is -2.34. The van der Waals surface area contributed by atoms with Gasteiger partial charge in [-0.2, -0.15) is 0 Å². The minimum absolute atomic E-state index is 0.0626. The molecule has 1 aliphatic carbocycles. The Balaban J connectivity index is 1.72. The molecular weight excluding hydrogens is 614 g/mol. The van der Waals surface area contributed by atoms with Crippen LogP contribution in [0, 0.1) is 0 Å². The van der Waals surface area contributed by atoms with Gasteiger partial charge in [-0.3, -0.25) is 13.9 Å². The van der Waals surface area contributed by atoms with Gasteiger partial charge in [0.1, 0.15) is 12.6 Å². The van der Waals surface area contributed by atoms with Crippen LogP contribution >= 0.6 is 27.5 Å². The van der Waals surface area contributed by atoms with Crippen LogP contribution in [0.1, 0.15) is 36.8 Å². The highest BCUT2D eigenvalue weighted by Gasteiger charge is 2.34. The molecule has 1 fully saturated rings. The molecule has 3 aromatic rings. The smallest absolute Gasteiger partial charge is 0.244 e. The number of nitrogens with zero attached hydrogens (tertiary/aromatic N) is 2. The molecule has 7 nitrogen and oxygen atoms in total. The zero-order chi connectivity index (χ0) is 28.7. The number of halogens is 2. The normalized spacial score (nSPS) is 14.5. The molecule has 0 saturated heterocycles. The summed E-state index contributed by atoms with van der Waals surface area (Å²) in [5.41, 5.74) is 1.99. The van der Waals surface area contributed by atoms with Crippen molar-refractivity contribution in [3.63, 3.8) is 0 Å². The van der Waals surface area contributed by atoms with Crippen molar-refractivity contribution in [3.05, 3.63) is 99.5 Å². The molecule has 1 atom stereocenters. The molecule has 212 valence electrons. The summed E-state index contributed by atoms with van der Waals surface area (Å²) in [4.78, 5) is 29.5. The van der Waals surface area contributed by atoms with Gasteiger partial charge in [-0.15, -0.1) is 0 Å². The van der Waals surface area contributed by atoms with Crippen LogP contribution in [0.3, 0.4) is 0 Å². The van der Waals surface area contributed by atoms with E-state index in [1.54, 1.807) is 18.2 Å². The number of rotatable bonds is 11. The third-order valence-corrected chi connectivity index (χ3v) is 8.86. The van der Waals surface area contributed by atoms with Gasteiger partial charge in [0.15, 0.2) is 0 Å². The van der Waals surface area contributed by atoms with E-state index in [-0.39, 0.29) is 30.6 Å². The van der Waals surface area contributed by atoms with Crippen molar-refractivity contribution in [3.8, 4) is 0 Å². The van der Waals surface area contributed by atoms with E-state index in [9.17, 15) is 18.0 Å². The highest BCUT2D eigenvalue weighted by molar-refractivity contribution is 9.10. The van der Waals surface area contributed by atoms with Crippen LogP contribution < -0.4 is 9.62 Å². The van der Waals surface area contributed by atoms with E-state index in [1.807, 2.05) is 54.6 Å². The van der Waals surface area contributed by atoms with Crippen LogP contribution in [0.15, 0.2) is 83.3 Å². The molecule has 10 heteroatoms. The number of sulfonamides is 1. The van der Waals surface area contributed by atoms with E-state index in [0.717, 1.165) is 51.8 Å². The Morgan fingerprint density at radius 3 is 2.30 bits per heavy atom. The lowest BCUT2D eigenvalue weighted by molar-refractivity contribution is -0.140. The molecule has 0 spiro atoms. The Bertz CT molecular complexity index is 1430. The van der Waals surface area contributed by atoms with Crippen LogP contribution in [0.2, 0.25) is 5.02 Å². The minimum atomic E-state index is -3.85. The van der Waals surface area contributed by atoms with Crippen molar-refractivity contribution in [1.29, 1.82) is 0 Å². The average Bonchev–Trinajstić information content (AvgIpc) is 3.42. The van der Waals surface area contributed by atoms with Gasteiger partial charge in [-0.25, -0.2) is 8.42 Å². The largest absolute Gasteiger partial charge is 0.352 e. The Labute approximate surface area is 249 Å². The summed E-state index contributed by atoms with van der Waals surface area (Å²) in [6, 6.07) is 22.6. The molecule has 4 rings (SSSR count). The Morgan fingerprint density at radius 1 is 0.975 bits per heavy atom. The molecule has 2 amide bonds. The summed E-state index contributed by atoms with van der Waals surface area (Å²) >= 11 is 9.64. The van der Waals surface area contributed by atoms with Crippen molar-refractivity contribution in [1.82, 2.24) is 10.2 Å². The van der Waals surface area contributed by atoms with Gasteiger partial charge in [0.2, 0.25) is 21.8 Å². The topological polar surface area (TPSA) is 86.8 Å². The average molecular weight is 647 g/mol. The van der Waals surface area contributed by atoms with Gasteiger partial charge in [-0.1, -0.05) is 88.9 Å². The lowest BCUT2D eigenvalue weighted by Crippen LogP contribution is -2.54. The molecule has 40 heavy (non-hydrogen) atoms. The zero-order valence-corrected chi connectivity index (χ0v) is 25.5. The lowest BCUT2D eigenvalue weighted by atomic mass is 10.0. The van der Waals surface area contributed by atoms with Gasteiger partial charge in [-0.05, 0) is 54.3 Å². The van der Waals surface area contributed by atoms with Crippen LogP contribution in [0.5, 0.6) is 0 Å². The van der Waals surface area contributed by atoms with E-state index in [0.29, 0.717) is 5.02 Å². The monoisotopic (exact) mass is 645 g/mol. The number of nitrogens with one attached hydrogen (secondary N) is 1. The quantitative estimate of drug-likeness (QED) is 0.295. The highest BCUT2D eigenvalue weighted by atomic mass is 79.9.